The summed E-state index contributed by atoms with van der Waals surface area (Å²) in [6, 6.07) is 6.04. The number of hydrogen-bond donors (Lipinski definition) is 1. The van der Waals surface area contributed by atoms with E-state index in [1.807, 2.05) is 39.0 Å². The Morgan fingerprint density at radius 1 is 1.43 bits per heavy atom. The maximum Gasteiger partial charge on any atom is 0.252 e. The Bertz CT molecular complexity index is 327. The topological polar surface area (TPSA) is 29.1 Å². The average molecular weight is 303 g/mol. The minimum atomic E-state index is 0.0162. The van der Waals surface area contributed by atoms with Crippen LogP contribution in [-0.4, -0.2) is 11.9 Å². The maximum absolute atomic E-state index is 11.8. The first kappa shape index (κ1) is 11.5. The second-order valence-electron chi connectivity index (χ2n) is 3.56. The number of amides is 1. The van der Waals surface area contributed by atoms with Gasteiger partial charge < -0.3 is 5.32 Å². The molecule has 0 unspecified atom stereocenters. The minimum Gasteiger partial charge on any atom is -0.350 e. The van der Waals surface area contributed by atoms with Gasteiger partial charge in [0.15, 0.2) is 0 Å². The van der Waals surface area contributed by atoms with Crippen molar-refractivity contribution in [3.05, 3.63) is 32.9 Å². The summed E-state index contributed by atoms with van der Waals surface area (Å²) in [4.78, 5) is 11.8. The molecule has 0 spiro atoms. The molecule has 1 rings (SSSR count). The highest BCUT2D eigenvalue weighted by molar-refractivity contribution is 14.1. The summed E-state index contributed by atoms with van der Waals surface area (Å²) in [5, 5.41) is 2.90. The van der Waals surface area contributed by atoms with Crippen LogP contribution in [0.1, 0.15) is 29.8 Å². The highest BCUT2D eigenvalue weighted by Gasteiger charge is 2.12. The molecule has 0 fully saturated rings. The molecule has 0 aliphatic heterocycles. The Labute approximate surface area is 98.2 Å². The van der Waals surface area contributed by atoms with Crippen molar-refractivity contribution in [1.29, 1.82) is 0 Å². The van der Waals surface area contributed by atoms with Crippen molar-refractivity contribution >= 4 is 28.5 Å². The number of halogens is 1. The molecular formula is C11H14INO. The van der Waals surface area contributed by atoms with Crippen LogP contribution in [0.3, 0.4) is 0 Å². The number of nitrogens with one attached hydrogen (secondary N) is 1. The Morgan fingerprint density at radius 2 is 2.07 bits per heavy atom. The molecular weight excluding hydrogens is 289 g/mol. The zero-order valence-electron chi connectivity index (χ0n) is 8.60. The summed E-state index contributed by atoms with van der Waals surface area (Å²) >= 11 is 2.19. The lowest BCUT2D eigenvalue weighted by Gasteiger charge is -2.11. The Hall–Kier alpha value is -0.580. The van der Waals surface area contributed by atoms with Gasteiger partial charge in [0.2, 0.25) is 0 Å². The van der Waals surface area contributed by atoms with E-state index in [9.17, 15) is 4.79 Å². The van der Waals surface area contributed by atoms with Gasteiger partial charge in [-0.25, -0.2) is 0 Å². The van der Waals surface area contributed by atoms with E-state index in [0.717, 1.165) is 14.7 Å². The largest absolute Gasteiger partial charge is 0.350 e. The van der Waals surface area contributed by atoms with Crippen molar-refractivity contribution < 1.29 is 4.79 Å². The SMILES string of the molecule is Cc1cccc(I)c1C(=O)NC(C)C. The first-order valence-electron chi connectivity index (χ1n) is 4.58. The molecule has 0 atom stereocenters. The molecule has 1 aromatic rings. The van der Waals surface area contributed by atoms with Gasteiger partial charge >= 0.3 is 0 Å². The van der Waals surface area contributed by atoms with Crippen molar-refractivity contribution in [2.75, 3.05) is 0 Å². The molecule has 1 N–H and O–H groups in total. The molecule has 0 radical (unpaired) electrons. The first-order chi connectivity index (χ1) is 6.52. The van der Waals surface area contributed by atoms with Gasteiger partial charge in [-0.05, 0) is 55.0 Å². The van der Waals surface area contributed by atoms with Crippen molar-refractivity contribution in [3.8, 4) is 0 Å². The molecule has 3 heteroatoms. The quantitative estimate of drug-likeness (QED) is 0.836. The fourth-order valence-electron chi connectivity index (χ4n) is 1.25. The van der Waals surface area contributed by atoms with Gasteiger partial charge in [-0.2, -0.15) is 0 Å². The fourth-order valence-corrected chi connectivity index (χ4v) is 2.13. The summed E-state index contributed by atoms with van der Waals surface area (Å²) in [6.45, 7) is 5.88. The van der Waals surface area contributed by atoms with E-state index in [4.69, 9.17) is 0 Å². The second kappa shape index (κ2) is 4.77. The molecule has 0 heterocycles. The van der Waals surface area contributed by atoms with E-state index in [2.05, 4.69) is 27.9 Å². The molecule has 0 saturated heterocycles. The molecule has 2 nitrogen and oxygen atoms in total. The number of hydrogen-bond acceptors (Lipinski definition) is 1. The number of aryl methyl sites for hydroxylation is 1. The van der Waals surface area contributed by atoms with Crippen LogP contribution in [0, 0.1) is 10.5 Å². The van der Waals surface area contributed by atoms with E-state index in [-0.39, 0.29) is 11.9 Å². The zero-order valence-corrected chi connectivity index (χ0v) is 10.8. The second-order valence-corrected chi connectivity index (χ2v) is 4.72. The van der Waals surface area contributed by atoms with Crippen LogP contribution in [-0.2, 0) is 0 Å². The molecule has 1 amide bonds. The van der Waals surface area contributed by atoms with Gasteiger partial charge in [-0.3, -0.25) is 4.79 Å². The van der Waals surface area contributed by atoms with Crippen molar-refractivity contribution in [2.45, 2.75) is 26.8 Å². The van der Waals surface area contributed by atoms with Gasteiger partial charge in [0, 0.05) is 9.61 Å². The van der Waals surface area contributed by atoms with E-state index < -0.39 is 0 Å². The van der Waals surface area contributed by atoms with E-state index >= 15 is 0 Å². The summed E-state index contributed by atoms with van der Waals surface area (Å²) in [6.07, 6.45) is 0. The van der Waals surface area contributed by atoms with Crippen LogP contribution >= 0.6 is 22.6 Å². The van der Waals surface area contributed by atoms with E-state index in [1.54, 1.807) is 0 Å². The van der Waals surface area contributed by atoms with Crippen LogP contribution in [0.5, 0.6) is 0 Å². The van der Waals surface area contributed by atoms with Crippen molar-refractivity contribution in [2.24, 2.45) is 0 Å². The molecule has 0 aromatic heterocycles. The molecule has 0 saturated carbocycles. The number of rotatable bonds is 2. The summed E-state index contributed by atoms with van der Waals surface area (Å²) in [5.74, 6) is 0.0162. The Kier molecular flexibility index (Phi) is 3.92. The lowest BCUT2D eigenvalue weighted by Crippen LogP contribution is -2.31. The lowest BCUT2D eigenvalue weighted by molar-refractivity contribution is 0.0941. The highest BCUT2D eigenvalue weighted by Crippen LogP contribution is 2.16. The standard InChI is InChI=1S/C11H14INO/c1-7(2)13-11(14)10-8(3)5-4-6-9(10)12/h4-7H,1-3H3,(H,13,14). The van der Waals surface area contributed by atoms with Gasteiger partial charge in [-0.15, -0.1) is 0 Å². The highest BCUT2D eigenvalue weighted by atomic mass is 127. The fraction of sp³-hybridized carbons (Fsp3) is 0.364. The average Bonchev–Trinajstić information content (AvgIpc) is 2.01. The van der Waals surface area contributed by atoms with E-state index in [0.29, 0.717) is 0 Å². The number of benzene rings is 1. The van der Waals surface area contributed by atoms with Crippen molar-refractivity contribution in [1.82, 2.24) is 5.32 Å². The van der Waals surface area contributed by atoms with Crippen molar-refractivity contribution in [3.63, 3.8) is 0 Å². The number of carbonyl (C=O) groups excluding carboxylic acids is 1. The molecule has 1 aromatic carbocycles. The lowest BCUT2D eigenvalue weighted by atomic mass is 10.1. The van der Waals surface area contributed by atoms with Crippen LogP contribution in [0.4, 0.5) is 0 Å². The van der Waals surface area contributed by atoms with Crippen LogP contribution in [0.15, 0.2) is 18.2 Å². The van der Waals surface area contributed by atoms with Gasteiger partial charge in [0.25, 0.3) is 5.91 Å². The summed E-state index contributed by atoms with van der Waals surface area (Å²) in [7, 11) is 0. The van der Waals surface area contributed by atoms with Crippen LogP contribution in [0.2, 0.25) is 0 Å². The predicted octanol–water partition coefficient (Wildman–Crippen LogP) is 2.74. The minimum absolute atomic E-state index is 0.0162. The molecule has 76 valence electrons. The van der Waals surface area contributed by atoms with E-state index in [1.165, 1.54) is 0 Å². The Balaban J connectivity index is 3.00. The monoisotopic (exact) mass is 303 g/mol. The smallest absolute Gasteiger partial charge is 0.252 e. The van der Waals surface area contributed by atoms with Gasteiger partial charge in [0.05, 0.1) is 5.56 Å². The first-order valence-corrected chi connectivity index (χ1v) is 5.66. The number of carbonyl (C=O) groups is 1. The van der Waals surface area contributed by atoms with Crippen LogP contribution in [0.25, 0.3) is 0 Å². The normalized spacial score (nSPS) is 10.4. The Morgan fingerprint density at radius 3 is 2.57 bits per heavy atom. The third-order valence-corrected chi connectivity index (χ3v) is 2.77. The summed E-state index contributed by atoms with van der Waals surface area (Å²) in [5.41, 5.74) is 1.82. The molecule has 0 bridgehead atoms. The summed E-state index contributed by atoms with van der Waals surface area (Å²) < 4.78 is 1.00. The zero-order chi connectivity index (χ0) is 10.7. The third-order valence-electron chi connectivity index (χ3n) is 1.87. The van der Waals surface area contributed by atoms with Crippen LogP contribution < -0.4 is 5.32 Å². The van der Waals surface area contributed by atoms with Gasteiger partial charge in [0.1, 0.15) is 0 Å². The van der Waals surface area contributed by atoms with Gasteiger partial charge in [-0.1, -0.05) is 12.1 Å². The third kappa shape index (κ3) is 2.70. The maximum atomic E-state index is 11.8. The molecule has 0 aliphatic carbocycles. The predicted molar refractivity (Wildman–Crippen MR) is 66.5 cm³/mol. The molecule has 14 heavy (non-hydrogen) atoms. The molecule has 0 aliphatic rings.